The first-order valence-corrected chi connectivity index (χ1v) is 3.36. The quantitative estimate of drug-likeness (QED) is 0.547. The second-order valence-electron chi connectivity index (χ2n) is 2.12. The zero-order valence-corrected chi connectivity index (χ0v) is 6.72. The van der Waals surface area contributed by atoms with Crippen molar-refractivity contribution in [3.05, 3.63) is 0 Å². The van der Waals surface area contributed by atoms with Gasteiger partial charge in [0.25, 0.3) is 4.58 Å². The molecule has 2 unspecified atom stereocenters. The number of rotatable bonds is 2. The maximum absolute atomic E-state index is 12.4. The minimum atomic E-state index is -4.59. The molecule has 0 saturated heterocycles. The van der Waals surface area contributed by atoms with E-state index in [0.717, 1.165) is 0 Å². The molecule has 0 bridgehead atoms. The molecule has 72 valence electrons. The number of halogens is 7. The molecule has 8 heteroatoms. The zero-order valence-electron chi connectivity index (χ0n) is 5.13. The molecule has 0 aromatic carbocycles. The van der Waals surface area contributed by atoms with Crippen molar-refractivity contribution in [2.75, 3.05) is 0 Å². The van der Waals surface area contributed by atoms with Crippen molar-refractivity contribution in [3.63, 3.8) is 0 Å². The Hall–Kier alpha value is 0.0200. The molecule has 0 aliphatic heterocycles. The predicted molar refractivity (Wildman–Crippen MR) is 28.6 cm³/mol. The first-order valence-electron chi connectivity index (χ1n) is 2.57. The van der Waals surface area contributed by atoms with E-state index in [1.54, 1.807) is 15.9 Å². The molecule has 1 rings (SSSR count). The fourth-order valence-electron chi connectivity index (χ4n) is 0.634. The molecule has 0 aromatic rings. The second-order valence-corrected chi connectivity index (χ2v) is 3.22. The summed E-state index contributed by atoms with van der Waals surface area (Å²) in [5, 5.41) is 0. The van der Waals surface area contributed by atoms with E-state index in [2.05, 4.69) is 4.74 Å². The van der Waals surface area contributed by atoms with Crippen LogP contribution in [0, 0.1) is 0 Å². The van der Waals surface area contributed by atoms with E-state index < -0.39 is 23.0 Å². The van der Waals surface area contributed by atoms with Gasteiger partial charge in [-0.2, -0.15) is 22.0 Å². The summed E-state index contributed by atoms with van der Waals surface area (Å²) < 4.78 is 70.4. The molecule has 0 spiro atoms. The van der Waals surface area contributed by atoms with Gasteiger partial charge in [-0.3, -0.25) is 4.74 Å². The molecule has 1 aliphatic carbocycles. The minimum absolute atomic E-state index is 1.61. The maximum atomic E-state index is 12.4. The molecule has 2 atom stereocenters. The molecule has 0 radical (unpaired) electrons. The van der Waals surface area contributed by atoms with Crippen LogP contribution in [0.3, 0.4) is 0 Å². The number of ether oxygens (including phenoxy) is 1. The first kappa shape index (κ1) is 10.1. The van der Waals surface area contributed by atoms with Gasteiger partial charge in [-0.1, -0.05) is 0 Å². The van der Waals surface area contributed by atoms with E-state index >= 15 is 0 Å². The molecule has 12 heavy (non-hydrogen) atoms. The average Bonchev–Trinajstić information content (AvgIpc) is 2.08. The van der Waals surface area contributed by atoms with Crippen LogP contribution in [0.25, 0.3) is 0 Å². The molecule has 0 N–H and O–H groups in total. The molecule has 1 aliphatic rings. The van der Waals surface area contributed by atoms with E-state index in [-0.39, 0.29) is 0 Å². The Morgan fingerprint density at radius 1 is 1.08 bits per heavy atom. The summed E-state index contributed by atoms with van der Waals surface area (Å²) in [7, 11) is 0. The monoisotopic (exact) mass is 258 g/mol. The van der Waals surface area contributed by atoms with Gasteiger partial charge in [0.2, 0.25) is 0 Å². The van der Waals surface area contributed by atoms with Crippen molar-refractivity contribution in [2.45, 2.75) is 23.0 Å². The second kappa shape index (κ2) is 2.28. The van der Waals surface area contributed by atoms with Crippen LogP contribution in [0.5, 0.6) is 0 Å². The van der Waals surface area contributed by atoms with Crippen molar-refractivity contribution < 1.29 is 31.1 Å². The van der Waals surface area contributed by atoms with E-state index in [0.29, 0.717) is 0 Å². The van der Waals surface area contributed by atoms with Gasteiger partial charge in [-0.15, -0.1) is 0 Å². The van der Waals surface area contributed by atoms with Crippen LogP contribution in [-0.4, -0.2) is 23.0 Å². The van der Waals surface area contributed by atoms with Crippen LogP contribution in [-0.2, 0) is 4.74 Å². The van der Waals surface area contributed by atoms with Gasteiger partial charge in [0.05, 0.1) is 0 Å². The van der Waals surface area contributed by atoms with Crippen molar-refractivity contribution in [1.29, 1.82) is 0 Å². The zero-order chi connectivity index (χ0) is 9.78. The third-order valence-corrected chi connectivity index (χ3v) is 2.40. The Morgan fingerprint density at radius 2 is 1.42 bits per heavy atom. The standard InChI is InChI=1S/C4HBrF6O/c5-2(8)3(9,10)4(2,11)12-1(6)7/h1H. The lowest BCUT2D eigenvalue weighted by Gasteiger charge is -2.05. The Balaban J connectivity index is 2.78. The summed E-state index contributed by atoms with van der Waals surface area (Å²) in [5.74, 6) is -8.86. The van der Waals surface area contributed by atoms with Gasteiger partial charge in [0, 0.05) is 0 Å². The van der Waals surface area contributed by atoms with Gasteiger partial charge in [0.15, 0.2) is 0 Å². The third-order valence-electron chi connectivity index (χ3n) is 1.39. The van der Waals surface area contributed by atoms with Crippen LogP contribution < -0.4 is 0 Å². The van der Waals surface area contributed by atoms with E-state index in [9.17, 15) is 26.3 Å². The van der Waals surface area contributed by atoms with E-state index in [1.165, 1.54) is 0 Å². The SMILES string of the molecule is FC(F)OC1(F)C(F)(F)C1(F)Br. The smallest absolute Gasteiger partial charge is 0.276 e. The predicted octanol–water partition coefficient (Wildman–Crippen LogP) is 2.60. The third kappa shape index (κ3) is 0.905. The summed E-state index contributed by atoms with van der Waals surface area (Å²) in [4.78, 5) is 0. The Bertz CT molecular complexity index is 190. The lowest BCUT2D eigenvalue weighted by Crippen LogP contribution is -2.21. The molecule has 0 heterocycles. The van der Waals surface area contributed by atoms with Crippen LogP contribution in [0.15, 0.2) is 0 Å². The molecule has 1 fully saturated rings. The van der Waals surface area contributed by atoms with Crippen LogP contribution in [0.2, 0.25) is 0 Å². The highest BCUT2D eigenvalue weighted by Gasteiger charge is 2.98. The van der Waals surface area contributed by atoms with Gasteiger partial charge < -0.3 is 0 Å². The molecule has 0 amide bonds. The Labute approximate surface area is 70.8 Å². The maximum Gasteiger partial charge on any atom is 0.359 e. The molecule has 0 aromatic heterocycles. The van der Waals surface area contributed by atoms with E-state index in [1.807, 2.05) is 0 Å². The fourth-order valence-corrected chi connectivity index (χ4v) is 1.13. The first-order chi connectivity index (χ1) is 5.17. The summed E-state index contributed by atoms with van der Waals surface area (Å²) in [5.41, 5.74) is 0. The van der Waals surface area contributed by atoms with E-state index in [4.69, 9.17) is 0 Å². The summed E-state index contributed by atoms with van der Waals surface area (Å²) >= 11 is 1.61. The highest BCUT2D eigenvalue weighted by atomic mass is 79.9. The topological polar surface area (TPSA) is 9.23 Å². The van der Waals surface area contributed by atoms with Crippen molar-refractivity contribution in [3.8, 4) is 0 Å². The van der Waals surface area contributed by atoms with Crippen LogP contribution in [0.4, 0.5) is 26.3 Å². The van der Waals surface area contributed by atoms with Crippen molar-refractivity contribution >= 4 is 15.9 Å². The highest BCUT2D eigenvalue weighted by Crippen LogP contribution is 2.71. The Kier molecular flexibility index (Phi) is 1.92. The van der Waals surface area contributed by atoms with Crippen molar-refractivity contribution in [1.82, 2.24) is 0 Å². The number of hydrogen-bond acceptors (Lipinski definition) is 1. The molecule has 1 saturated carbocycles. The lowest BCUT2D eigenvalue weighted by molar-refractivity contribution is -0.246. The largest absolute Gasteiger partial charge is 0.359 e. The van der Waals surface area contributed by atoms with Crippen molar-refractivity contribution in [2.24, 2.45) is 0 Å². The normalized spacial score (nSPS) is 45.0. The van der Waals surface area contributed by atoms with Crippen LogP contribution >= 0.6 is 15.9 Å². The van der Waals surface area contributed by atoms with Gasteiger partial charge in [-0.05, 0) is 15.9 Å². The number of hydrogen-bond donors (Lipinski definition) is 0. The number of alkyl halides is 7. The molecular weight excluding hydrogens is 258 g/mol. The highest BCUT2D eigenvalue weighted by molar-refractivity contribution is 9.10. The lowest BCUT2D eigenvalue weighted by atomic mass is 10.7. The van der Waals surface area contributed by atoms with Gasteiger partial charge in [-0.25, -0.2) is 4.39 Å². The van der Waals surface area contributed by atoms with Crippen LogP contribution in [0.1, 0.15) is 0 Å². The summed E-state index contributed by atoms with van der Waals surface area (Å²) in [6, 6.07) is 0. The summed E-state index contributed by atoms with van der Waals surface area (Å²) in [6.07, 6.45) is 0. The van der Waals surface area contributed by atoms with Gasteiger partial charge >= 0.3 is 18.4 Å². The van der Waals surface area contributed by atoms with Gasteiger partial charge in [0.1, 0.15) is 0 Å². The molecule has 1 nitrogen and oxygen atoms in total. The average molecular weight is 259 g/mol. The molecular formula is C4HBrF6O. The summed E-state index contributed by atoms with van der Waals surface area (Å²) in [6.45, 7) is -3.80. The fraction of sp³-hybridized carbons (Fsp3) is 1.00. The Morgan fingerprint density at radius 3 is 1.50 bits per heavy atom. The minimum Gasteiger partial charge on any atom is -0.276 e.